The SMILES string of the molecule is Fc1cccc(-c2nccc3[nH]c(-c4[nH]nc5ncc(C6=CCNCC6)cc45)cc23)c1. The van der Waals surface area contributed by atoms with Gasteiger partial charge in [0.05, 0.1) is 17.1 Å². The molecule has 5 aromatic rings. The lowest BCUT2D eigenvalue weighted by molar-refractivity contribution is 0.628. The Bertz CT molecular complexity index is 1460. The van der Waals surface area contributed by atoms with Gasteiger partial charge in [-0.25, -0.2) is 9.37 Å². The van der Waals surface area contributed by atoms with Crippen molar-refractivity contribution in [3.63, 3.8) is 0 Å². The number of halogens is 1. The van der Waals surface area contributed by atoms with E-state index in [4.69, 9.17) is 0 Å². The molecule has 6 rings (SSSR count). The van der Waals surface area contributed by atoms with Gasteiger partial charge in [0.25, 0.3) is 0 Å². The number of rotatable bonds is 3. The molecule has 0 fully saturated rings. The molecule has 0 amide bonds. The molecule has 0 spiro atoms. The fourth-order valence-electron chi connectivity index (χ4n) is 4.22. The Morgan fingerprint density at radius 2 is 1.94 bits per heavy atom. The second-order valence-electron chi connectivity index (χ2n) is 7.69. The molecular formula is C24H19FN6. The van der Waals surface area contributed by atoms with Crippen LogP contribution < -0.4 is 5.32 Å². The summed E-state index contributed by atoms with van der Waals surface area (Å²) in [7, 11) is 0. The Balaban J connectivity index is 1.49. The zero-order chi connectivity index (χ0) is 20.8. The van der Waals surface area contributed by atoms with Gasteiger partial charge in [-0.1, -0.05) is 18.2 Å². The average molecular weight is 410 g/mol. The fraction of sp³-hybridized carbons (Fsp3) is 0.125. The molecule has 5 heterocycles. The van der Waals surface area contributed by atoms with Crippen LogP contribution in [0.5, 0.6) is 0 Å². The molecule has 0 radical (unpaired) electrons. The molecule has 0 unspecified atom stereocenters. The molecule has 1 aliphatic rings. The Morgan fingerprint density at radius 1 is 0.968 bits per heavy atom. The van der Waals surface area contributed by atoms with Gasteiger partial charge in [-0.15, -0.1) is 0 Å². The highest BCUT2D eigenvalue weighted by Crippen LogP contribution is 2.33. The van der Waals surface area contributed by atoms with Gasteiger partial charge in [0, 0.05) is 40.8 Å². The van der Waals surface area contributed by atoms with Crippen LogP contribution in [-0.2, 0) is 0 Å². The van der Waals surface area contributed by atoms with E-state index in [1.54, 1.807) is 12.3 Å². The van der Waals surface area contributed by atoms with Crippen LogP contribution in [0.15, 0.2) is 60.9 Å². The van der Waals surface area contributed by atoms with Crippen LogP contribution in [0.25, 0.3) is 50.2 Å². The van der Waals surface area contributed by atoms with Crippen molar-refractivity contribution in [2.75, 3.05) is 13.1 Å². The first-order valence-electron chi connectivity index (χ1n) is 10.2. The number of H-pyrrole nitrogens is 2. The topological polar surface area (TPSA) is 82.3 Å². The molecule has 0 saturated heterocycles. The number of hydrogen-bond acceptors (Lipinski definition) is 4. The summed E-state index contributed by atoms with van der Waals surface area (Å²) in [5, 5.41) is 12.8. The third kappa shape index (κ3) is 3.10. The third-order valence-corrected chi connectivity index (χ3v) is 5.76. The molecule has 152 valence electrons. The highest BCUT2D eigenvalue weighted by atomic mass is 19.1. The van der Waals surface area contributed by atoms with E-state index >= 15 is 0 Å². The van der Waals surface area contributed by atoms with Gasteiger partial charge in [-0.3, -0.25) is 10.1 Å². The first kappa shape index (κ1) is 18.0. The summed E-state index contributed by atoms with van der Waals surface area (Å²) in [6, 6.07) is 12.6. The zero-order valence-corrected chi connectivity index (χ0v) is 16.6. The minimum Gasteiger partial charge on any atom is -0.353 e. The third-order valence-electron chi connectivity index (χ3n) is 5.76. The largest absolute Gasteiger partial charge is 0.353 e. The van der Waals surface area contributed by atoms with E-state index in [1.165, 1.54) is 17.7 Å². The molecule has 4 aromatic heterocycles. The van der Waals surface area contributed by atoms with E-state index in [2.05, 4.69) is 42.6 Å². The predicted molar refractivity (Wildman–Crippen MR) is 120 cm³/mol. The first-order valence-corrected chi connectivity index (χ1v) is 10.2. The maximum Gasteiger partial charge on any atom is 0.181 e. The van der Waals surface area contributed by atoms with Crippen molar-refractivity contribution in [3.05, 3.63) is 72.3 Å². The Kier molecular flexibility index (Phi) is 4.14. The normalized spacial score (nSPS) is 14.3. The van der Waals surface area contributed by atoms with Crippen LogP contribution in [-0.4, -0.2) is 38.2 Å². The van der Waals surface area contributed by atoms with Crippen LogP contribution in [0, 0.1) is 5.82 Å². The number of hydrogen-bond donors (Lipinski definition) is 3. The van der Waals surface area contributed by atoms with Gasteiger partial charge >= 0.3 is 0 Å². The maximum absolute atomic E-state index is 13.8. The second kappa shape index (κ2) is 7.14. The molecule has 0 atom stereocenters. The van der Waals surface area contributed by atoms with Gasteiger partial charge in [0.2, 0.25) is 0 Å². The zero-order valence-electron chi connectivity index (χ0n) is 16.6. The van der Waals surface area contributed by atoms with E-state index in [1.807, 2.05) is 24.4 Å². The summed E-state index contributed by atoms with van der Waals surface area (Å²) in [6.07, 6.45) is 6.82. The average Bonchev–Trinajstić information content (AvgIpc) is 3.43. The summed E-state index contributed by atoms with van der Waals surface area (Å²) in [4.78, 5) is 12.5. The Morgan fingerprint density at radius 3 is 2.81 bits per heavy atom. The van der Waals surface area contributed by atoms with Gasteiger partial charge in [0.1, 0.15) is 5.82 Å². The highest BCUT2D eigenvalue weighted by Gasteiger charge is 2.16. The number of aromatic amines is 2. The smallest absolute Gasteiger partial charge is 0.181 e. The van der Waals surface area contributed by atoms with Crippen molar-refractivity contribution in [1.29, 1.82) is 0 Å². The molecule has 31 heavy (non-hydrogen) atoms. The van der Waals surface area contributed by atoms with Gasteiger partial charge in [-0.2, -0.15) is 5.10 Å². The first-order chi connectivity index (χ1) is 15.3. The standard InChI is InChI=1S/C24H19FN6/c25-17-3-1-2-15(10-17)22-18-12-21(29-20(18)6-9-27-22)23-19-11-16(13-28-24(19)31-30-23)14-4-7-26-8-5-14/h1-4,6,9-13,26,29H,5,7-8H2,(H,28,30,31). The van der Waals surface area contributed by atoms with Gasteiger partial charge in [-0.05, 0) is 54.4 Å². The predicted octanol–water partition coefficient (Wildman–Crippen LogP) is 4.68. The van der Waals surface area contributed by atoms with Crippen molar-refractivity contribution in [2.24, 2.45) is 0 Å². The molecule has 1 aromatic carbocycles. The van der Waals surface area contributed by atoms with Crippen LogP contribution in [0.2, 0.25) is 0 Å². The van der Waals surface area contributed by atoms with Crippen molar-refractivity contribution in [3.8, 4) is 22.6 Å². The quantitative estimate of drug-likeness (QED) is 0.403. The van der Waals surface area contributed by atoms with Crippen molar-refractivity contribution in [2.45, 2.75) is 6.42 Å². The summed E-state index contributed by atoms with van der Waals surface area (Å²) >= 11 is 0. The van der Waals surface area contributed by atoms with E-state index in [9.17, 15) is 4.39 Å². The monoisotopic (exact) mass is 410 g/mol. The number of aromatic nitrogens is 5. The summed E-state index contributed by atoms with van der Waals surface area (Å²) in [5.74, 6) is -0.280. The van der Waals surface area contributed by atoms with E-state index in [0.717, 1.165) is 64.0 Å². The van der Waals surface area contributed by atoms with Crippen LogP contribution in [0.1, 0.15) is 12.0 Å². The van der Waals surface area contributed by atoms with Crippen LogP contribution in [0.3, 0.4) is 0 Å². The Labute approximate surface area is 177 Å². The lowest BCUT2D eigenvalue weighted by atomic mass is 10.0. The summed E-state index contributed by atoms with van der Waals surface area (Å²) in [5.41, 5.74) is 7.27. The number of benzene rings is 1. The molecule has 0 saturated carbocycles. The summed E-state index contributed by atoms with van der Waals surface area (Å²) < 4.78 is 13.8. The lowest BCUT2D eigenvalue weighted by Gasteiger charge is -2.13. The fourth-order valence-corrected chi connectivity index (χ4v) is 4.22. The van der Waals surface area contributed by atoms with E-state index < -0.39 is 0 Å². The van der Waals surface area contributed by atoms with Crippen LogP contribution in [0.4, 0.5) is 4.39 Å². The molecular weight excluding hydrogens is 391 g/mol. The van der Waals surface area contributed by atoms with Crippen molar-refractivity contribution < 1.29 is 4.39 Å². The van der Waals surface area contributed by atoms with E-state index in [0.29, 0.717) is 5.65 Å². The van der Waals surface area contributed by atoms with Crippen LogP contribution >= 0.6 is 0 Å². The van der Waals surface area contributed by atoms with Crippen molar-refractivity contribution >= 4 is 27.5 Å². The molecule has 0 bridgehead atoms. The number of pyridine rings is 2. The molecule has 3 N–H and O–H groups in total. The highest BCUT2D eigenvalue weighted by molar-refractivity contribution is 5.99. The number of nitrogens with one attached hydrogen (secondary N) is 3. The molecule has 6 nitrogen and oxygen atoms in total. The van der Waals surface area contributed by atoms with Gasteiger partial charge in [0.15, 0.2) is 5.65 Å². The minimum absolute atomic E-state index is 0.280. The molecule has 7 heteroatoms. The second-order valence-corrected chi connectivity index (χ2v) is 7.69. The Hall–Kier alpha value is -3.84. The summed E-state index contributed by atoms with van der Waals surface area (Å²) in [6.45, 7) is 1.85. The number of nitrogens with zero attached hydrogens (tertiary/aromatic N) is 3. The van der Waals surface area contributed by atoms with Crippen molar-refractivity contribution in [1.82, 2.24) is 30.5 Å². The van der Waals surface area contributed by atoms with Gasteiger partial charge < -0.3 is 10.3 Å². The lowest BCUT2D eigenvalue weighted by Crippen LogP contribution is -2.20. The minimum atomic E-state index is -0.280. The number of fused-ring (bicyclic) bond motifs is 2. The van der Waals surface area contributed by atoms with E-state index in [-0.39, 0.29) is 5.82 Å². The molecule has 0 aliphatic carbocycles. The molecule has 1 aliphatic heterocycles. The maximum atomic E-state index is 13.8.